The number of hydrogen-bond acceptors (Lipinski definition) is 3. The lowest BCUT2D eigenvalue weighted by Crippen LogP contribution is -2.31. The van der Waals surface area contributed by atoms with Crippen LogP contribution in [0.3, 0.4) is 0 Å². The number of nitrogens with zero attached hydrogens (tertiary/aromatic N) is 3. The maximum absolute atomic E-state index is 8.92. The molecule has 0 amide bonds. The summed E-state index contributed by atoms with van der Waals surface area (Å²) in [6, 6.07) is 8.26. The summed E-state index contributed by atoms with van der Waals surface area (Å²) < 4.78 is 0. The Hall–Kier alpha value is -1.53. The van der Waals surface area contributed by atoms with Crippen molar-refractivity contribution in [3.05, 3.63) is 29.3 Å². The van der Waals surface area contributed by atoms with E-state index in [4.69, 9.17) is 5.26 Å². The highest BCUT2D eigenvalue weighted by molar-refractivity contribution is 5.53. The van der Waals surface area contributed by atoms with Crippen molar-refractivity contribution in [1.82, 2.24) is 4.90 Å². The number of aryl methyl sites for hydroxylation is 1. The molecular formula is C15H21N3. The Balaban J connectivity index is 1.93. The van der Waals surface area contributed by atoms with Gasteiger partial charge in [-0.15, -0.1) is 0 Å². The normalized spacial score (nSPS) is 15.6. The minimum absolute atomic E-state index is 0.770. The maximum atomic E-state index is 8.92. The summed E-state index contributed by atoms with van der Waals surface area (Å²) in [6.45, 7) is 6.68. The summed E-state index contributed by atoms with van der Waals surface area (Å²) in [6.07, 6.45) is 2.69. The monoisotopic (exact) mass is 243 g/mol. The van der Waals surface area contributed by atoms with E-state index in [1.54, 1.807) is 0 Å². The SMILES string of the molecule is Cc1cc(N(C)CCN2CCCC2)ccc1C#N. The van der Waals surface area contributed by atoms with Gasteiger partial charge in [-0.05, 0) is 56.6 Å². The van der Waals surface area contributed by atoms with Gasteiger partial charge >= 0.3 is 0 Å². The Morgan fingerprint density at radius 3 is 2.67 bits per heavy atom. The van der Waals surface area contributed by atoms with E-state index in [-0.39, 0.29) is 0 Å². The number of hydrogen-bond donors (Lipinski definition) is 0. The van der Waals surface area contributed by atoms with E-state index in [2.05, 4.69) is 29.0 Å². The quantitative estimate of drug-likeness (QED) is 0.813. The van der Waals surface area contributed by atoms with Crippen LogP contribution in [-0.2, 0) is 0 Å². The molecule has 2 rings (SSSR count). The van der Waals surface area contributed by atoms with E-state index in [1.165, 1.54) is 31.6 Å². The fourth-order valence-corrected chi connectivity index (χ4v) is 2.44. The number of likely N-dealkylation sites (N-methyl/N-ethyl adjacent to an activating group) is 1. The van der Waals surface area contributed by atoms with E-state index in [0.29, 0.717) is 0 Å². The first-order chi connectivity index (χ1) is 8.70. The summed E-state index contributed by atoms with van der Waals surface area (Å²) in [4.78, 5) is 4.79. The summed E-state index contributed by atoms with van der Waals surface area (Å²) in [7, 11) is 2.12. The summed E-state index contributed by atoms with van der Waals surface area (Å²) in [5, 5.41) is 8.92. The summed E-state index contributed by atoms with van der Waals surface area (Å²) in [5.74, 6) is 0. The molecule has 1 aliphatic rings. The van der Waals surface area contributed by atoms with Gasteiger partial charge in [-0.3, -0.25) is 0 Å². The van der Waals surface area contributed by atoms with Crippen LogP contribution in [0.15, 0.2) is 18.2 Å². The van der Waals surface area contributed by atoms with Crippen LogP contribution in [0, 0.1) is 18.3 Å². The lowest BCUT2D eigenvalue weighted by molar-refractivity contribution is 0.346. The van der Waals surface area contributed by atoms with Crippen LogP contribution in [0.1, 0.15) is 24.0 Å². The van der Waals surface area contributed by atoms with E-state index >= 15 is 0 Å². The van der Waals surface area contributed by atoms with Crippen LogP contribution in [0.5, 0.6) is 0 Å². The second-order valence-corrected chi connectivity index (χ2v) is 5.08. The molecule has 1 fully saturated rings. The third kappa shape index (κ3) is 3.02. The molecule has 1 aromatic rings. The predicted molar refractivity (Wildman–Crippen MR) is 74.8 cm³/mol. The van der Waals surface area contributed by atoms with Gasteiger partial charge in [-0.2, -0.15) is 5.26 Å². The van der Waals surface area contributed by atoms with Crippen molar-refractivity contribution in [3.63, 3.8) is 0 Å². The van der Waals surface area contributed by atoms with Gasteiger partial charge in [0.15, 0.2) is 0 Å². The van der Waals surface area contributed by atoms with Crippen LogP contribution < -0.4 is 4.90 Å². The van der Waals surface area contributed by atoms with Crippen LogP contribution in [0.25, 0.3) is 0 Å². The van der Waals surface area contributed by atoms with Gasteiger partial charge in [-0.25, -0.2) is 0 Å². The van der Waals surface area contributed by atoms with Crippen molar-refractivity contribution in [2.24, 2.45) is 0 Å². The van der Waals surface area contributed by atoms with Crippen molar-refractivity contribution >= 4 is 5.69 Å². The van der Waals surface area contributed by atoms with Crippen molar-refractivity contribution in [3.8, 4) is 6.07 Å². The molecule has 0 N–H and O–H groups in total. The molecule has 0 aliphatic carbocycles. The molecule has 1 heterocycles. The van der Waals surface area contributed by atoms with E-state index in [1.807, 2.05) is 19.1 Å². The van der Waals surface area contributed by atoms with Crippen molar-refractivity contribution in [2.75, 3.05) is 38.1 Å². The van der Waals surface area contributed by atoms with Gasteiger partial charge in [0.05, 0.1) is 11.6 Å². The Labute approximate surface area is 110 Å². The summed E-state index contributed by atoms with van der Waals surface area (Å²) >= 11 is 0. The second kappa shape index (κ2) is 5.88. The smallest absolute Gasteiger partial charge is 0.0994 e. The molecule has 0 saturated carbocycles. The largest absolute Gasteiger partial charge is 0.373 e. The molecule has 0 aromatic heterocycles. The molecule has 1 saturated heterocycles. The van der Waals surface area contributed by atoms with Gasteiger partial charge in [0.1, 0.15) is 0 Å². The molecule has 3 nitrogen and oxygen atoms in total. The molecule has 0 radical (unpaired) electrons. The third-order valence-electron chi connectivity index (χ3n) is 3.72. The van der Waals surface area contributed by atoms with E-state index in [9.17, 15) is 0 Å². The summed E-state index contributed by atoms with van der Waals surface area (Å²) in [5.41, 5.74) is 3.03. The Bertz CT molecular complexity index is 442. The molecular weight excluding hydrogens is 222 g/mol. The zero-order valence-corrected chi connectivity index (χ0v) is 11.3. The number of nitriles is 1. The van der Waals surface area contributed by atoms with E-state index in [0.717, 1.165) is 24.2 Å². The fraction of sp³-hybridized carbons (Fsp3) is 0.533. The molecule has 1 aromatic carbocycles. The molecule has 18 heavy (non-hydrogen) atoms. The standard InChI is InChI=1S/C15H21N3/c1-13-11-15(6-5-14(13)12-16)17(2)9-10-18-7-3-4-8-18/h5-6,11H,3-4,7-10H2,1-2H3. The molecule has 0 unspecified atom stereocenters. The fourth-order valence-electron chi connectivity index (χ4n) is 2.44. The van der Waals surface area contributed by atoms with Crippen LogP contribution >= 0.6 is 0 Å². The zero-order valence-electron chi connectivity index (χ0n) is 11.3. The maximum Gasteiger partial charge on any atom is 0.0994 e. The highest BCUT2D eigenvalue weighted by Gasteiger charge is 2.12. The van der Waals surface area contributed by atoms with Crippen LogP contribution in [0.2, 0.25) is 0 Å². The Morgan fingerprint density at radius 1 is 1.33 bits per heavy atom. The van der Waals surface area contributed by atoms with Gasteiger partial charge < -0.3 is 9.80 Å². The van der Waals surface area contributed by atoms with Crippen molar-refractivity contribution in [2.45, 2.75) is 19.8 Å². The average molecular weight is 243 g/mol. The zero-order chi connectivity index (χ0) is 13.0. The second-order valence-electron chi connectivity index (χ2n) is 5.08. The highest BCUT2D eigenvalue weighted by Crippen LogP contribution is 2.18. The first-order valence-corrected chi connectivity index (χ1v) is 6.65. The lowest BCUT2D eigenvalue weighted by Gasteiger charge is -2.23. The first kappa shape index (κ1) is 12.9. The topological polar surface area (TPSA) is 30.3 Å². The number of likely N-dealkylation sites (tertiary alicyclic amines) is 1. The molecule has 0 bridgehead atoms. The van der Waals surface area contributed by atoms with Gasteiger partial charge in [0, 0.05) is 25.8 Å². The minimum Gasteiger partial charge on any atom is -0.373 e. The van der Waals surface area contributed by atoms with Gasteiger partial charge in [0.25, 0.3) is 0 Å². The molecule has 3 heteroatoms. The number of anilines is 1. The highest BCUT2D eigenvalue weighted by atomic mass is 15.2. The lowest BCUT2D eigenvalue weighted by atomic mass is 10.1. The van der Waals surface area contributed by atoms with Crippen LogP contribution in [0.4, 0.5) is 5.69 Å². The molecule has 96 valence electrons. The van der Waals surface area contributed by atoms with Crippen molar-refractivity contribution in [1.29, 1.82) is 5.26 Å². The first-order valence-electron chi connectivity index (χ1n) is 6.65. The Morgan fingerprint density at radius 2 is 2.06 bits per heavy atom. The average Bonchev–Trinajstić information content (AvgIpc) is 2.89. The van der Waals surface area contributed by atoms with Crippen LogP contribution in [-0.4, -0.2) is 38.1 Å². The van der Waals surface area contributed by atoms with Crippen molar-refractivity contribution < 1.29 is 0 Å². The molecule has 1 aliphatic heterocycles. The molecule has 0 atom stereocenters. The third-order valence-corrected chi connectivity index (χ3v) is 3.72. The van der Waals surface area contributed by atoms with E-state index < -0.39 is 0 Å². The number of rotatable bonds is 4. The minimum atomic E-state index is 0.770. The van der Waals surface area contributed by atoms with Gasteiger partial charge in [-0.1, -0.05) is 0 Å². The predicted octanol–water partition coefficient (Wildman–Crippen LogP) is 2.40. The van der Waals surface area contributed by atoms with Gasteiger partial charge in [0.2, 0.25) is 0 Å². The number of benzene rings is 1. The molecule has 0 spiro atoms. The Kier molecular flexibility index (Phi) is 4.22.